The normalized spacial score (nSPS) is 15.6. The molecule has 7 rings (SSSR count). The first-order valence-corrected chi connectivity index (χ1v) is 15.2. The zero-order valence-electron chi connectivity index (χ0n) is 26.1. The van der Waals surface area contributed by atoms with Gasteiger partial charge in [0.2, 0.25) is 0 Å². The van der Waals surface area contributed by atoms with E-state index in [0.29, 0.717) is 34.1 Å². The van der Waals surface area contributed by atoms with Crippen molar-refractivity contribution in [2.45, 2.75) is 51.9 Å². The van der Waals surface area contributed by atoms with Crippen LogP contribution in [0.15, 0.2) is 58.3 Å². The lowest BCUT2D eigenvalue weighted by Crippen LogP contribution is -2.51. The number of nitrogens with one attached hydrogen (secondary N) is 1. The highest BCUT2D eigenvalue weighted by Gasteiger charge is 2.30. The second kappa shape index (κ2) is 11.3. The van der Waals surface area contributed by atoms with Gasteiger partial charge in [0, 0.05) is 42.7 Å². The number of ether oxygens (including phenoxy) is 1. The Morgan fingerprint density at radius 1 is 1.07 bits per heavy atom. The molecular weight excluding hydrogens is 591 g/mol. The van der Waals surface area contributed by atoms with E-state index in [2.05, 4.69) is 25.5 Å². The number of nitrogens with zero attached hydrogens (tertiary/aromatic N) is 7. The van der Waals surface area contributed by atoms with E-state index in [1.54, 1.807) is 37.4 Å². The Morgan fingerprint density at radius 2 is 1.87 bits per heavy atom. The van der Waals surface area contributed by atoms with Crippen LogP contribution in [0.1, 0.15) is 37.6 Å². The Hall–Kier alpha value is -4.72. The highest BCUT2D eigenvalue weighted by Crippen LogP contribution is 2.30. The van der Waals surface area contributed by atoms with Gasteiger partial charge in [0.25, 0.3) is 11.1 Å². The van der Waals surface area contributed by atoms with Crippen LogP contribution in [0, 0.1) is 5.82 Å². The number of aliphatic hydroxyl groups excluding tert-OH is 1. The summed E-state index contributed by atoms with van der Waals surface area (Å²) in [6, 6.07) is 12.2. The van der Waals surface area contributed by atoms with Gasteiger partial charge >= 0.3 is 0 Å². The lowest BCUT2D eigenvalue weighted by atomic mass is 9.86. The van der Waals surface area contributed by atoms with Crippen LogP contribution in [0.5, 0.6) is 0 Å². The molecule has 0 atom stereocenters. The third kappa shape index (κ3) is 5.19. The first kappa shape index (κ1) is 30.0. The smallest absolute Gasteiger partial charge is 0.290 e. The van der Waals surface area contributed by atoms with Crippen molar-refractivity contribution in [2.75, 3.05) is 25.1 Å². The van der Waals surface area contributed by atoms with Gasteiger partial charge in [-0.25, -0.2) is 9.07 Å². The first-order valence-electron chi connectivity index (χ1n) is 15.2. The van der Waals surface area contributed by atoms with Crippen molar-refractivity contribution >= 4 is 22.3 Å². The van der Waals surface area contributed by atoms with Crippen LogP contribution in [0.2, 0.25) is 0 Å². The number of hydrogen-bond acceptors (Lipinski definition) is 9. The maximum Gasteiger partial charge on any atom is 0.290 e. The second-order valence-corrected chi connectivity index (χ2v) is 12.9. The van der Waals surface area contributed by atoms with Gasteiger partial charge in [0.05, 0.1) is 61.1 Å². The number of halogens is 1. The summed E-state index contributed by atoms with van der Waals surface area (Å²) in [5.41, 5.74) is 2.21. The summed E-state index contributed by atoms with van der Waals surface area (Å²) in [7, 11) is 1.54. The number of aromatic nitrogens is 6. The summed E-state index contributed by atoms with van der Waals surface area (Å²) in [6.45, 7) is 9.30. The summed E-state index contributed by atoms with van der Waals surface area (Å²) in [5.74, 6) is -0.0953. The molecule has 46 heavy (non-hydrogen) atoms. The zero-order chi connectivity index (χ0) is 32.3. The maximum absolute atomic E-state index is 15.4. The molecule has 12 nitrogen and oxygen atoms in total. The highest BCUT2D eigenvalue weighted by atomic mass is 19.1. The van der Waals surface area contributed by atoms with E-state index < -0.39 is 18.0 Å². The molecule has 0 aliphatic carbocycles. The highest BCUT2D eigenvalue weighted by molar-refractivity contribution is 5.83. The van der Waals surface area contributed by atoms with Crippen LogP contribution in [0.4, 0.5) is 15.9 Å². The Labute approximate surface area is 263 Å². The maximum atomic E-state index is 15.4. The molecule has 1 saturated heterocycles. The predicted molar refractivity (Wildman–Crippen MR) is 171 cm³/mol. The summed E-state index contributed by atoms with van der Waals surface area (Å²) >= 11 is 0. The Bertz CT molecular complexity index is 2110. The van der Waals surface area contributed by atoms with E-state index in [9.17, 15) is 14.7 Å². The van der Waals surface area contributed by atoms with Gasteiger partial charge in [-0.2, -0.15) is 20.0 Å². The third-order valence-electron chi connectivity index (χ3n) is 8.81. The fourth-order valence-corrected chi connectivity index (χ4v) is 6.08. The van der Waals surface area contributed by atoms with Gasteiger partial charge in [-0.15, -0.1) is 0 Å². The minimum absolute atomic E-state index is 0.0871. The molecule has 0 radical (unpaired) electrons. The van der Waals surface area contributed by atoms with Crippen molar-refractivity contribution in [1.29, 1.82) is 0 Å². The molecule has 0 unspecified atom stereocenters. The minimum Gasteiger partial charge on any atom is -0.392 e. The van der Waals surface area contributed by atoms with Gasteiger partial charge < -0.3 is 15.2 Å². The quantitative estimate of drug-likeness (QED) is 0.292. The number of aliphatic hydroxyl groups is 1. The van der Waals surface area contributed by atoms with E-state index >= 15 is 4.39 Å². The molecule has 238 valence electrons. The Balaban J connectivity index is 1.25. The number of fused-ring (bicyclic) bond motifs is 2. The van der Waals surface area contributed by atoms with E-state index in [4.69, 9.17) is 4.74 Å². The molecule has 2 aliphatic heterocycles. The molecule has 2 aliphatic rings. The molecule has 0 spiro atoms. The van der Waals surface area contributed by atoms with E-state index in [1.807, 2.05) is 31.5 Å². The van der Waals surface area contributed by atoms with Gasteiger partial charge in [-0.3, -0.25) is 19.2 Å². The molecule has 2 N–H and O–H groups in total. The molecule has 5 aromatic rings. The fourth-order valence-electron chi connectivity index (χ4n) is 6.08. The minimum atomic E-state index is -0.648. The molecular formula is C33H35FN8O4. The first-order chi connectivity index (χ1) is 22.0. The molecule has 13 heteroatoms. The van der Waals surface area contributed by atoms with Crippen molar-refractivity contribution in [1.82, 2.24) is 34.2 Å². The standard InChI is InChI=1S/C33H35FN8O4/c1-33(2,3)20-10-19-14-35-42(32(45)30(19)25(34)11-20)28-7-5-6-23(24(28)16-43)26-13-27(31(44)39(4)37-26)36-29-12-21-15-40(22-17-46-18-22)8-9-41(21)38-29/h5-7,10-14,22,43H,8-9,15-18H2,1-4H3,(H,36,38). The summed E-state index contributed by atoms with van der Waals surface area (Å²) < 4.78 is 25.0. The largest absolute Gasteiger partial charge is 0.392 e. The Morgan fingerprint density at radius 3 is 2.59 bits per heavy atom. The van der Waals surface area contributed by atoms with E-state index in [-0.39, 0.29) is 27.7 Å². The van der Waals surface area contributed by atoms with Crippen molar-refractivity contribution in [3.8, 4) is 16.9 Å². The number of aryl methyl sites for hydroxylation is 1. The van der Waals surface area contributed by atoms with Crippen LogP contribution in [0.3, 0.4) is 0 Å². The SMILES string of the molecule is Cn1nc(-c2cccc(-n3ncc4cc(C(C)(C)C)cc(F)c4c3=O)c2CO)cc(Nc2cc3n(n2)CCN(C2COC2)C3)c1=O. The van der Waals surface area contributed by atoms with Crippen LogP contribution in [-0.2, 0) is 36.9 Å². The molecule has 1 fully saturated rings. The summed E-state index contributed by atoms with van der Waals surface area (Å²) in [6.07, 6.45) is 1.46. The van der Waals surface area contributed by atoms with Crippen LogP contribution in [0.25, 0.3) is 27.7 Å². The lowest BCUT2D eigenvalue weighted by Gasteiger charge is -2.39. The van der Waals surface area contributed by atoms with Crippen LogP contribution >= 0.6 is 0 Å². The fraction of sp³-hybridized carbons (Fsp3) is 0.364. The van der Waals surface area contributed by atoms with E-state index in [0.717, 1.165) is 48.8 Å². The average molecular weight is 627 g/mol. The van der Waals surface area contributed by atoms with Gasteiger partial charge in [-0.05, 0) is 35.2 Å². The predicted octanol–water partition coefficient (Wildman–Crippen LogP) is 3.23. The van der Waals surface area contributed by atoms with Crippen LogP contribution < -0.4 is 16.4 Å². The molecule has 5 heterocycles. The van der Waals surface area contributed by atoms with Gasteiger partial charge in [-0.1, -0.05) is 32.9 Å². The zero-order valence-corrected chi connectivity index (χ0v) is 26.1. The van der Waals surface area contributed by atoms with Crippen molar-refractivity contribution in [2.24, 2.45) is 7.05 Å². The monoisotopic (exact) mass is 626 g/mol. The van der Waals surface area contributed by atoms with Crippen LogP contribution in [-0.4, -0.2) is 65.1 Å². The third-order valence-corrected chi connectivity index (χ3v) is 8.81. The van der Waals surface area contributed by atoms with Gasteiger partial charge in [0.1, 0.15) is 11.5 Å². The number of rotatable bonds is 6. The topological polar surface area (TPSA) is 132 Å². The lowest BCUT2D eigenvalue weighted by molar-refractivity contribution is -0.0735. The second-order valence-electron chi connectivity index (χ2n) is 12.9. The van der Waals surface area contributed by atoms with E-state index in [1.165, 1.54) is 16.9 Å². The Kier molecular flexibility index (Phi) is 7.34. The van der Waals surface area contributed by atoms with Crippen molar-refractivity contribution in [3.05, 3.63) is 92.0 Å². The number of anilines is 2. The van der Waals surface area contributed by atoms with Crippen molar-refractivity contribution in [3.63, 3.8) is 0 Å². The number of hydrogen-bond donors (Lipinski definition) is 2. The molecule has 3 aromatic heterocycles. The average Bonchev–Trinajstić information content (AvgIpc) is 3.39. The molecule has 2 aromatic carbocycles. The summed E-state index contributed by atoms with van der Waals surface area (Å²) in [5, 5.41) is 27.5. The van der Waals surface area contributed by atoms with Gasteiger partial charge in [0.15, 0.2) is 5.82 Å². The number of benzene rings is 2. The summed E-state index contributed by atoms with van der Waals surface area (Å²) in [4.78, 5) is 29.2. The molecule has 0 bridgehead atoms. The molecule has 0 saturated carbocycles. The van der Waals surface area contributed by atoms with Crippen molar-refractivity contribution < 1.29 is 14.2 Å². The molecule has 0 amide bonds.